The highest BCUT2D eigenvalue weighted by Crippen LogP contribution is 2.38. The maximum Gasteiger partial charge on any atom is 0.254 e. The molecule has 220 valence electrons. The zero-order valence-corrected chi connectivity index (χ0v) is 24.3. The molecule has 1 heterocycles. The molecule has 0 saturated heterocycles. The van der Waals surface area contributed by atoms with Crippen molar-refractivity contribution in [3.05, 3.63) is 108 Å². The Bertz CT molecular complexity index is 1600. The number of aromatic nitrogens is 4. The molecule has 0 fully saturated rings. The summed E-state index contributed by atoms with van der Waals surface area (Å²) in [5, 5.41) is 14.1. The van der Waals surface area contributed by atoms with Crippen molar-refractivity contribution in [2.45, 2.75) is 19.4 Å². The van der Waals surface area contributed by atoms with Crippen LogP contribution in [0.4, 0.5) is 0 Å². The molecule has 10 heteroatoms. The first-order valence-corrected chi connectivity index (χ1v) is 13.8. The Labute approximate surface area is 250 Å². The minimum atomic E-state index is -0.137. The molecule has 0 saturated carbocycles. The quantitative estimate of drug-likeness (QED) is 0.182. The number of nitrogens with one attached hydrogen (secondary N) is 1. The number of benzene rings is 4. The van der Waals surface area contributed by atoms with Crippen LogP contribution >= 0.6 is 0 Å². The minimum absolute atomic E-state index is 0.137. The lowest BCUT2D eigenvalue weighted by Gasteiger charge is -2.24. The number of rotatable bonds is 13. The van der Waals surface area contributed by atoms with Gasteiger partial charge in [0.05, 0.1) is 26.9 Å². The number of para-hydroxylation sites is 1. The minimum Gasteiger partial charge on any atom is -0.493 e. The summed E-state index contributed by atoms with van der Waals surface area (Å²) in [6.07, 6.45) is 1.65. The lowest BCUT2D eigenvalue weighted by Crippen LogP contribution is -2.32. The monoisotopic (exact) mass is 579 g/mol. The largest absolute Gasteiger partial charge is 0.493 e. The van der Waals surface area contributed by atoms with E-state index >= 15 is 0 Å². The number of hydrogen-bond donors (Lipinski definition) is 1. The molecule has 0 unspecified atom stereocenters. The average Bonchev–Trinajstić information content (AvgIpc) is 3.60. The van der Waals surface area contributed by atoms with Gasteiger partial charge in [0.15, 0.2) is 17.3 Å². The molecule has 0 aliphatic heterocycles. The molecule has 1 N–H and O–H groups in total. The Kier molecular flexibility index (Phi) is 9.48. The Morgan fingerprint density at radius 1 is 0.791 bits per heavy atom. The van der Waals surface area contributed by atoms with Crippen molar-refractivity contribution >= 4 is 5.91 Å². The molecule has 0 radical (unpaired) electrons. The highest BCUT2D eigenvalue weighted by Gasteiger charge is 2.22. The number of aryl methyl sites for hydroxylation is 1. The van der Waals surface area contributed by atoms with Crippen LogP contribution in [0.3, 0.4) is 0 Å². The Hall–Kier alpha value is -5.38. The molecule has 5 rings (SSSR count). The van der Waals surface area contributed by atoms with Gasteiger partial charge in [-0.05, 0) is 70.8 Å². The van der Waals surface area contributed by atoms with E-state index in [4.69, 9.17) is 18.9 Å². The van der Waals surface area contributed by atoms with Crippen LogP contribution in [0.25, 0.3) is 11.4 Å². The van der Waals surface area contributed by atoms with E-state index in [9.17, 15) is 4.79 Å². The highest BCUT2D eigenvalue weighted by molar-refractivity contribution is 5.95. The molecule has 0 aliphatic rings. The van der Waals surface area contributed by atoms with Gasteiger partial charge >= 0.3 is 0 Å². The second-order valence-electron chi connectivity index (χ2n) is 9.72. The Morgan fingerprint density at radius 3 is 2.14 bits per heavy atom. The smallest absolute Gasteiger partial charge is 0.254 e. The maximum absolute atomic E-state index is 13.9. The lowest BCUT2D eigenvalue weighted by molar-refractivity contribution is 0.0740. The summed E-state index contributed by atoms with van der Waals surface area (Å²) in [6, 6.07) is 28.8. The van der Waals surface area contributed by atoms with Crippen LogP contribution in [-0.2, 0) is 13.0 Å². The SMILES string of the molecule is COc1cc(C(=O)N(CCCc2ccccc2)Cc2ccc(Oc3ccccc3-c3nnn[nH]3)cc2)cc(OC)c1OC. The summed E-state index contributed by atoms with van der Waals surface area (Å²) < 4.78 is 22.6. The van der Waals surface area contributed by atoms with E-state index in [1.807, 2.05) is 71.6 Å². The van der Waals surface area contributed by atoms with E-state index in [-0.39, 0.29) is 5.91 Å². The van der Waals surface area contributed by atoms with Crippen LogP contribution in [0.15, 0.2) is 91.0 Å². The molecular weight excluding hydrogens is 546 g/mol. The number of aromatic amines is 1. The summed E-state index contributed by atoms with van der Waals surface area (Å²) in [4.78, 5) is 15.8. The normalized spacial score (nSPS) is 10.7. The standard InChI is InChI=1S/C33H33N5O5/c1-40-29-20-25(21-30(41-2)31(29)42-3)33(39)38(19-9-12-23-10-5-4-6-11-23)22-24-15-17-26(18-16-24)43-28-14-8-7-13-27(28)32-34-36-37-35-32/h4-8,10-11,13-18,20-21H,9,12,19,22H2,1-3H3,(H,34,35,36,37). The van der Waals surface area contributed by atoms with Crippen LogP contribution in [-0.4, -0.2) is 59.3 Å². The maximum atomic E-state index is 13.9. The van der Waals surface area contributed by atoms with Gasteiger partial charge in [-0.15, -0.1) is 5.10 Å². The first kappa shape index (κ1) is 29.1. The van der Waals surface area contributed by atoms with E-state index in [1.54, 1.807) is 12.1 Å². The molecule has 0 aliphatic carbocycles. The number of carbonyl (C=O) groups is 1. The molecule has 0 spiro atoms. The van der Waals surface area contributed by atoms with Gasteiger partial charge in [0.1, 0.15) is 11.5 Å². The van der Waals surface area contributed by atoms with Crippen LogP contribution in [0, 0.1) is 0 Å². The first-order chi connectivity index (χ1) is 21.1. The summed E-state index contributed by atoms with van der Waals surface area (Å²) in [5.41, 5.74) is 3.39. The van der Waals surface area contributed by atoms with E-state index in [0.717, 1.165) is 24.0 Å². The van der Waals surface area contributed by atoms with Gasteiger partial charge in [-0.1, -0.05) is 54.6 Å². The number of hydrogen-bond acceptors (Lipinski definition) is 8. The van der Waals surface area contributed by atoms with Crippen molar-refractivity contribution in [3.8, 4) is 40.1 Å². The van der Waals surface area contributed by atoms with Crippen molar-refractivity contribution in [1.29, 1.82) is 0 Å². The third-order valence-corrected chi connectivity index (χ3v) is 6.95. The number of H-pyrrole nitrogens is 1. The van der Waals surface area contributed by atoms with E-state index in [1.165, 1.54) is 26.9 Å². The van der Waals surface area contributed by atoms with E-state index in [0.29, 0.717) is 53.2 Å². The molecular formula is C33H33N5O5. The van der Waals surface area contributed by atoms with Gasteiger partial charge in [0.25, 0.3) is 5.91 Å². The molecule has 0 atom stereocenters. The van der Waals surface area contributed by atoms with Crippen LogP contribution in [0.1, 0.15) is 27.9 Å². The van der Waals surface area contributed by atoms with Gasteiger partial charge < -0.3 is 23.8 Å². The molecule has 43 heavy (non-hydrogen) atoms. The highest BCUT2D eigenvalue weighted by atomic mass is 16.5. The third-order valence-electron chi connectivity index (χ3n) is 6.95. The van der Waals surface area contributed by atoms with Gasteiger partial charge in [0.2, 0.25) is 5.75 Å². The Morgan fingerprint density at radius 2 is 1.49 bits per heavy atom. The number of methoxy groups -OCH3 is 3. The second kappa shape index (κ2) is 14.0. The average molecular weight is 580 g/mol. The number of tetrazole rings is 1. The van der Waals surface area contributed by atoms with Gasteiger partial charge in [-0.3, -0.25) is 4.79 Å². The molecule has 5 aromatic rings. The molecule has 1 aromatic heterocycles. The van der Waals surface area contributed by atoms with Crippen molar-refractivity contribution in [2.24, 2.45) is 0 Å². The number of carbonyl (C=O) groups excluding carboxylic acids is 1. The summed E-state index contributed by atoms with van der Waals surface area (Å²) in [7, 11) is 4.61. The summed E-state index contributed by atoms with van der Waals surface area (Å²) >= 11 is 0. The van der Waals surface area contributed by atoms with Crippen molar-refractivity contribution in [1.82, 2.24) is 25.5 Å². The third kappa shape index (κ3) is 7.10. The zero-order valence-electron chi connectivity index (χ0n) is 24.3. The van der Waals surface area contributed by atoms with Gasteiger partial charge in [-0.25, -0.2) is 5.10 Å². The van der Waals surface area contributed by atoms with Crippen molar-refractivity contribution in [3.63, 3.8) is 0 Å². The summed E-state index contributed by atoms with van der Waals surface area (Å²) in [6.45, 7) is 0.964. The number of amides is 1. The van der Waals surface area contributed by atoms with Gasteiger partial charge in [0, 0.05) is 18.7 Å². The second-order valence-corrected chi connectivity index (χ2v) is 9.72. The molecule has 10 nitrogen and oxygen atoms in total. The fourth-order valence-electron chi connectivity index (χ4n) is 4.79. The predicted molar refractivity (Wildman–Crippen MR) is 162 cm³/mol. The number of nitrogens with zero attached hydrogens (tertiary/aromatic N) is 4. The predicted octanol–water partition coefficient (Wildman–Crippen LogP) is 5.96. The number of ether oxygens (including phenoxy) is 4. The van der Waals surface area contributed by atoms with Crippen LogP contribution in [0.2, 0.25) is 0 Å². The zero-order chi connectivity index (χ0) is 30.0. The van der Waals surface area contributed by atoms with Crippen LogP contribution < -0.4 is 18.9 Å². The molecule has 1 amide bonds. The molecule has 0 bridgehead atoms. The van der Waals surface area contributed by atoms with Crippen molar-refractivity contribution in [2.75, 3.05) is 27.9 Å². The Balaban J connectivity index is 1.36. The summed E-state index contributed by atoms with van der Waals surface area (Å²) in [5.74, 6) is 2.94. The fraction of sp³-hybridized carbons (Fsp3) is 0.212. The van der Waals surface area contributed by atoms with Crippen LogP contribution in [0.5, 0.6) is 28.7 Å². The van der Waals surface area contributed by atoms with Gasteiger partial charge in [-0.2, -0.15) is 0 Å². The lowest BCUT2D eigenvalue weighted by atomic mass is 10.1. The van der Waals surface area contributed by atoms with E-state index in [2.05, 4.69) is 32.8 Å². The topological polar surface area (TPSA) is 112 Å². The first-order valence-electron chi connectivity index (χ1n) is 13.8. The fourth-order valence-corrected chi connectivity index (χ4v) is 4.79. The van der Waals surface area contributed by atoms with E-state index < -0.39 is 0 Å². The van der Waals surface area contributed by atoms with Crippen molar-refractivity contribution < 1.29 is 23.7 Å². The molecule has 4 aromatic carbocycles.